The SMILES string of the molecule is Cn1nccc1C=CC(=O)N1CCC(C(=O)O)C1. The summed E-state index contributed by atoms with van der Waals surface area (Å²) in [6.45, 7) is 0.801. The van der Waals surface area contributed by atoms with E-state index in [0.29, 0.717) is 19.5 Å². The van der Waals surface area contributed by atoms with Crippen molar-refractivity contribution in [2.45, 2.75) is 6.42 Å². The third-order valence-corrected chi connectivity index (χ3v) is 3.10. The van der Waals surface area contributed by atoms with Gasteiger partial charge in [0.1, 0.15) is 0 Å². The standard InChI is InChI=1S/C12H15N3O3/c1-14-10(4-6-13-14)2-3-11(16)15-7-5-9(8-15)12(17)18/h2-4,6,9H,5,7-8H2,1H3,(H,17,18). The Hall–Kier alpha value is -2.11. The van der Waals surface area contributed by atoms with Gasteiger partial charge in [0.15, 0.2) is 0 Å². The Morgan fingerprint density at radius 2 is 2.33 bits per heavy atom. The fourth-order valence-electron chi connectivity index (χ4n) is 1.97. The third-order valence-electron chi connectivity index (χ3n) is 3.10. The molecule has 1 unspecified atom stereocenters. The van der Waals surface area contributed by atoms with Crippen LogP contribution in [0.2, 0.25) is 0 Å². The van der Waals surface area contributed by atoms with Gasteiger partial charge in [-0.1, -0.05) is 0 Å². The van der Waals surface area contributed by atoms with E-state index in [9.17, 15) is 9.59 Å². The molecule has 2 heterocycles. The van der Waals surface area contributed by atoms with Crippen molar-refractivity contribution in [3.05, 3.63) is 24.0 Å². The smallest absolute Gasteiger partial charge is 0.308 e. The molecule has 1 amide bonds. The van der Waals surface area contributed by atoms with Crippen molar-refractivity contribution >= 4 is 18.0 Å². The van der Waals surface area contributed by atoms with Crippen molar-refractivity contribution in [2.24, 2.45) is 13.0 Å². The van der Waals surface area contributed by atoms with Crippen LogP contribution in [0.5, 0.6) is 0 Å². The molecule has 1 aromatic rings. The molecule has 6 heteroatoms. The van der Waals surface area contributed by atoms with E-state index in [-0.39, 0.29) is 5.91 Å². The van der Waals surface area contributed by atoms with E-state index in [4.69, 9.17) is 5.11 Å². The van der Waals surface area contributed by atoms with E-state index >= 15 is 0 Å². The predicted octanol–water partition coefficient (Wildman–Crippen LogP) is 0.366. The average molecular weight is 249 g/mol. The number of carboxylic acid groups (broad SMARTS) is 1. The maximum atomic E-state index is 11.8. The molecule has 1 atom stereocenters. The minimum Gasteiger partial charge on any atom is -0.481 e. The van der Waals surface area contributed by atoms with Gasteiger partial charge in [0.2, 0.25) is 5.91 Å². The number of carbonyl (C=O) groups excluding carboxylic acids is 1. The lowest BCUT2D eigenvalue weighted by molar-refractivity contribution is -0.141. The largest absolute Gasteiger partial charge is 0.481 e. The van der Waals surface area contributed by atoms with Gasteiger partial charge in [0, 0.05) is 32.4 Å². The number of aromatic nitrogens is 2. The summed E-state index contributed by atoms with van der Waals surface area (Å²) in [5, 5.41) is 12.9. The molecule has 96 valence electrons. The number of hydrogen-bond acceptors (Lipinski definition) is 3. The van der Waals surface area contributed by atoms with Gasteiger partial charge in [-0.15, -0.1) is 0 Å². The predicted molar refractivity (Wildman–Crippen MR) is 64.6 cm³/mol. The summed E-state index contributed by atoms with van der Waals surface area (Å²) in [4.78, 5) is 24.2. The summed E-state index contributed by atoms with van der Waals surface area (Å²) < 4.78 is 1.66. The van der Waals surface area contributed by atoms with Crippen molar-refractivity contribution in [1.82, 2.24) is 14.7 Å². The van der Waals surface area contributed by atoms with Gasteiger partial charge in [-0.05, 0) is 18.6 Å². The number of rotatable bonds is 3. The van der Waals surface area contributed by atoms with Crippen LogP contribution in [0, 0.1) is 5.92 Å². The minimum atomic E-state index is -0.832. The number of carboxylic acids is 1. The van der Waals surface area contributed by atoms with Crippen molar-refractivity contribution in [2.75, 3.05) is 13.1 Å². The minimum absolute atomic E-state index is 0.153. The highest BCUT2D eigenvalue weighted by atomic mass is 16.4. The Balaban J connectivity index is 1.95. The Morgan fingerprint density at radius 1 is 1.56 bits per heavy atom. The van der Waals surface area contributed by atoms with E-state index in [2.05, 4.69) is 5.10 Å². The first-order chi connectivity index (χ1) is 8.58. The van der Waals surface area contributed by atoms with Crippen molar-refractivity contribution in [3.8, 4) is 0 Å². The van der Waals surface area contributed by atoms with E-state index in [0.717, 1.165) is 5.69 Å². The highest BCUT2D eigenvalue weighted by molar-refractivity contribution is 5.92. The normalized spacial score (nSPS) is 19.6. The van der Waals surface area contributed by atoms with Crippen LogP contribution in [0.15, 0.2) is 18.3 Å². The molecule has 1 aliphatic rings. The number of hydrogen-bond donors (Lipinski definition) is 1. The summed E-state index contributed by atoms with van der Waals surface area (Å²) in [7, 11) is 1.79. The van der Waals surface area contributed by atoms with Crippen molar-refractivity contribution < 1.29 is 14.7 Å². The van der Waals surface area contributed by atoms with Crippen molar-refractivity contribution in [1.29, 1.82) is 0 Å². The Morgan fingerprint density at radius 3 is 2.89 bits per heavy atom. The zero-order valence-electron chi connectivity index (χ0n) is 10.1. The Bertz CT molecular complexity index is 493. The molecule has 0 aromatic carbocycles. The molecule has 1 saturated heterocycles. The van der Waals surface area contributed by atoms with Gasteiger partial charge in [0.25, 0.3) is 0 Å². The van der Waals surface area contributed by atoms with E-state index < -0.39 is 11.9 Å². The maximum Gasteiger partial charge on any atom is 0.308 e. The van der Waals surface area contributed by atoms with E-state index in [1.54, 1.807) is 35.0 Å². The number of aliphatic carboxylic acids is 1. The number of likely N-dealkylation sites (tertiary alicyclic amines) is 1. The first-order valence-corrected chi connectivity index (χ1v) is 5.75. The van der Waals surface area contributed by atoms with Crippen LogP contribution in [0.4, 0.5) is 0 Å². The van der Waals surface area contributed by atoms with Crippen LogP contribution >= 0.6 is 0 Å². The second kappa shape index (κ2) is 5.03. The molecule has 6 nitrogen and oxygen atoms in total. The average Bonchev–Trinajstić information content (AvgIpc) is 2.94. The molecule has 18 heavy (non-hydrogen) atoms. The zero-order chi connectivity index (χ0) is 13.1. The van der Waals surface area contributed by atoms with E-state index in [1.165, 1.54) is 6.08 Å². The molecule has 0 spiro atoms. The molecule has 0 bridgehead atoms. The second-order valence-corrected chi connectivity index (χ2v) is 4.32. The number of aryl methyl sites for hydroxylation is 1. The van der Waals surface area contributed by atoms with Gasteiger partial charge in [-0.25, -0.2) is 0 Å². The lowest BCUT2D eigenvalue weighted by Gasteiger charge is -2.12. The fraction of sp³-hybridized carbons (Fsp3) is 0.417. The van der Waals surface area contributed by atoms with Crippen LogP contribution in [-0.4, -0.2) is 44.8 Å². The Kier molecular flexibility index (Phi) is 3.45. The van der Waals surface area contributed by atoms with Crippen LogP contribution in [-0.2, 0) is 16.6 Å². The number of amides is 1. The van der Waals surface area contributed by atoms with Gasteiger partial charge in [0.05, 0.1) is 11.6 Å². The van der Waals surface area contributed by atoms with Gasteiger partial charge >= 0.3 is 5.97 Å². The molecule has 0 saturated carbocycles. The number of nitrogens with zero attached hydrogens (tertiary/aromatic N) is 3. The molecule has 1 N–H and O–H groups in total. The number of carbonyl (C=O) groups is 2. The quantitative estimate of drug-likeness (QED) is 0.785. The molecule has 1 aliphatic heterocycles. The molecule has 0 radical (unpaired) electrons. The maximum absolute atomic E-state index is 11.8. The van der Waals surface area contributed by atoms with Gasteiger partial charge in [-0.2, -0.15) is 5.10 Å². The molecule has 0 aliphatic carbocycles. The summed E-state index contributed by atoms with van der Waals surface area (Å²) in [5.74, 6) is -1.42. The summed E-state index contributed by atoms with van der Waals surface area (Å²) in [6, 6.07) is 1.80. The van der Waals surface area contributed by atoms with Crippen LogP contribution < -0.4 is 0 Å². The molecule has 1 aromatic heterocycles. The molecular weight excluding hydrogens is 234 g/mol. The monoisotopic (exact) mass is 249 g/mol. The molecule has 1 fully saturated rings. The molecular formula is C12H15N3O3. The fourth-order valence-corrected chi connectivity index (χ4v) is 1.97. The highest BCUT2D eigenvalue weighted by Crippen LogP contribution is 2.16. The summed E-state index contributed by atoms with van der Waals surface area (Å²) in [5.41, 5.74) is 0.831. The van der Waals surface area contributed by atoms with E-state index in [1.807, 2.05) is 0 Å². The van der Waals surface area contributed by atoms with Gasteiger partial charge in [-0.3, -0.25) is 14.3 Å². The lowest BCUT2D eigenvalue weighted by Crippen LogP contribution is -2.28. The summed E-state index contributed by atoms with van der Waals surface area (Å²) in [6.07, 6.45) is 5.33. The first kappa shape index (κ1) is 12.3. The molecule has 2 rings (SSSR count). The first-order valence-electron chi connectivity index (χ1n) is 5.75. The van der Waals surface area contributed by atoms with Gasteiger partial charge < -0.3 is 10.0 Å². The van der Waals surface area contributed by atoms with Crippen LogP contribution in [0.1, 0.15) is 12.1 Å². The van der Waals surface area contributed by atoms with Crippen LogP contribution in [0.25, 0.3) is 6.08 Å². The van der Waals surface area contributed by atoms with Crippen LogP contribution in [0.3, 0.4) is 0 Å². The zero-order valence-corrected chi connectivity index (χ0v) is 10.1. The second-order valence-electron chi connectivity index (χ2n) is 4.32. The third kappa shape index (κ3) is 2.58. The van der Waals surface area contributed by atoms with Crippen molar-refractivity contribution in [3.63, 3.8) is 0 Å². The lowest BCUT2D eigenvalue weighted by atomic mass is 10.1. The highest BCUT2D eigenvalue weighted by Gasteiger charge is 2.29. The topological polar surface area (TPSA) is 75.4 Å². The summed E-state index contributed by atoms with van der Waals surface area (Å²) >= 11 is 0. The Labute approximate surface area is 105 Å².